The molecule has 3 heterocycles. The number of pyridine rings is 1. The molecule has 0 aliphatic rings. The van der Waals surface area contributed by atoms with Crippen molar-refractivity contribution in [3.05, 3.63) is 47.8 Å². The van der Waals surface area contributed by atoms with Gasteiger partial charge in [-0.2, -0.15) is 0 Å². The van der Waals surface area contributed by atoms with Crippen LogP contribution in [-0.2, 0) is 16.4 Å². The fraction of sp³-hybridized carbons (Fsp3) is 0.294. The van der Waals surface area contributed by atoms with E-state index in [0.717, 1.165) is 10.6 Å². The molecule has 8 heteroatoms. The minimum atomic E-state index is -3.45. The van der Waals surface area contributed by atoms with Gasteiger partial charge in [-0.3, -0.25) is 0 Å². The Labute approximate surface area is 150 Å². The van der Waals surface area contributed by atoms with Crippen LogP contribution in [0.5, 0.6) is 0 Å². The van der Waals surface area contributed by atoms with Crippen molar-refractivity contribution in [2.24, 2.45) is 0 Å². The van der Waals surface area contributed by atoms with E-state index in [4.69, 9.17) is 4.42 Å². The van der Waals surface area contributed by atoms with Gasteiger partial charge in [-0.1, -0.05) is 6.07 Å². The predicted octanol–water partition coefficient (Wildman–Crippen LogP) is 3.98. The molecule has 1 N–H and O–H groups in total. The number of nitrogens with zero attached hydrogens (tertiary/aromatic N) is 2. The maximum Gasteiger partial charge on any atom is 0.236 e. The Hall–Kier alpha value is -2.19. The molecule has 0 aliphatic carbocycles. The van der Waals surface area contributed by atoms with Crippen LogP contribution in [0.25, 0.3) is 10.8 Å². The van der Waals surface area contributed by atoms with Crippen molar-refractivity contribution in [1.82, 2.24) is 9.97 Å². The van der Waals surface area contributed by atoms with Gasteiger partial charge in [0.1, 0.15) is 6.26 Å². The van der Waals surface area contributed by atoms with E-state index < -0.39 is 14.6 Å². The van der Waals surface area contributed by atoms with Crippen LogP contribution in [0.2, 0.25) is 0 Å². The molecule has 6 nitrogen and oxygen atoms in total. The highest BCUT2D eigenvalue weighted by Crippen LogP contribution is 2.25. The fourth-order valence-corrected chi connectivity index (χ4v) is 3.77. The van der Waals surface area contributed by atoms with Crippen molar-refractivity contribution in [3.63, 3.8) is 0 Å². The van der Waals surface area contributed by atoms with Crippen LogP contribution in [-0.4, -0.2) is 23.1 Å². The lowest BCUT2D eigenvalue weighted by atomic mass is 10.3. The fourth-order valence-electron chi connectivity index (χ4n) is 2.05. The van der Waals surface area contributed by atoms with Gasteiger partial charge in [0.25, 0.3) is 0 Å². The average Bonchev–Trinajstić information content (AvgIpc) is 3.23. The molecule has 25 heavy (non-hydrogen) atoms. The molecular formula is C17H19N3O3S2. The zero-order valence-electron chi connectivity index (χ0n) is 14.2. The van der Waals surface area contributed by atoms with Crippen molar-refractivity contribution >= 4 is 26.9 Å². The highest BCUT2D eigenvalue weighted by atomic mass is 32.2. The smallest absolute Gasteiger partial charge is 0.236 e. The number of rotatable bonds is 5. The topological polar surface area (TPSA) is 85.1 Å². The number of hydrogen-bond acceptors (Lipinski definition) is 7. The standard InChI is InChI=1S/C17H19N3O3S2/c1-17(2,3)25(21,22)15-7-6-12(9-19-15)18-10-13-11-23-16(20-13)14-5-4-8-24-14/h4-9,11,18H,10H2,1-3H3. The summed E-state index contributed by atoms with van der Waals surface area (Å²) in [6, 6.07) is 7.11. The Bertz CT molecular complexity index is 938. The summed E-state index contributed by atoms with van der Waals surface area (Å²) in [6.07, 6.45) is 3.12. The van der Waals surface area contributed by atoms with Crippen LogP contribution >= 0.6 is 11.3 Å². The normalized spacial score (nSPS) is 12.3. The van der Waals surface area contributed by atoms with Crippen LogP contribution in [0.1, 0.15) is 26.5 Å². The molecule has 0 bridgehead atoms. The van der Waals surface area contributed by atoms with Gasteiger partial charge >= 0.3 is 0 Å². The van der Waals surface area contributed by atoms with Crippen molar-refractivity contribution < 1.29 is 12.8 Å². The largest absolute Gasteiger partial charge is 0.443 e. The van der Waals surface area contributed by atoms with Crippen LogP contribution < -0.4 is 5.32 Å². The Kier molecular flexibility index (Phi) is 4.66. The minimum absolute atomic E-state index is 0.0759. The maximum absolute atomic E-state index is 12.4. The molecule has 0 radical (unpaired) electrons. The van der Waals surface area contributed by atoms with Crippen LogP contribution in [0.15, 0.2) is 51.5 Å². The highest BCUT2D eigenvalue weighted by Gasteiger charge is 2.31. The first kappa shape index (κ1) is 17.6. The summed E-state index contributed by atoms with van der Waals surface area (Å²) >= 11 is 1.57. The van der Waals surface area contributed by atoms with E-state index in [2.05, 4.69) is 15.3 Å². The first-order chi connectivity index (χ1) is 11.8. The average molecular weight is 377 g/mol. The van der Waals surface area contributed by atoms with E-state index in [1.54, 1.807) is 44.4 Å². The van der Waals surface area contributed by atoms with Crippen LogP contribution in [0.3, 0.4) is 0 Å². The SMILES string of the molecule is CC(C)(C)S(=O)(=O)c1ccc(NCc2coc(-c3cccs3)n2)cn1. The predicted molar refractivity (Wildman–Crippen MR) is 98.3 cm³/mol. The molecule has 0 aromatic carbocycles. The second-order valence-corrected chi connectivity index (χ2v) is 10.1. The molecule has 132 valence electrons. The molecule has 0 atom stereocenters. The minimum Gasteiger partial charge on any atom is -0.443 e. The van der Waals surface area contributed by atoms with Crippen molar-refractivity contribution in [3.8, 4) is 10.8 Å². The molecule has 3 rings (SSSR count). The Morgan fingerprint density at radius 3 is 2.64 bits per heavy atom. The molecule has 0 saturated heterocycles. The summed E-state index contributed by atoms with van der Waals surface area (Å²) in [6.45, 7) is 5.44. The van der Waals surface area contributed by atoms with Gasteiger partial charge in [-0.05, 0) is 44.4 Å². The second-order valence-electron chi connectivity index (χ2n) is 6.48. The summed E-state index contributed by atoms with van der Waals surface area (Å²) in [4.78, 5) is 9.48. The van der Waals surface area contributed by atoms with E-state index in [1.807, 2.05) is 17.5 Å². The number of aromatic nitrogens is 2. The summed E-state index contributed by atoms with van der Waals surface area (Å²) in [5.41, 5.74) is 1.48. The first-order valence-electron chi connectivity index (χ1n) is 7.70. The number of hydrogen-bond donors (Lipinski definition) is 1. The van der Waals surface area contributed by atoms with Crippen LogP contribution in [0, 0.1) is 0 Å². The Morgan fingerprint density at radius 1 is 1.24 bits per heavy atom. The molecule has 3 aromatic rings. The van der Waals surface area contributed by atoms with E-state index in [1.165, 1.54) is 12.3 Å². The van der Waals surface area contributed by atoms with Crippen molar-refractivity contribution in [2.45, 2.75) is 37.1 Å². The molecule has 0 unspecified atom stereocenters. The lowest BCUT2D eigenvalue weighted by Gasteiger charge is -2.18. The summed E-state index contributed by atoms with van der Waals surface area (Å²) < 4.78 is 29.3. The van der Waals surface area contributed by atoms with E-state index in [-0.39, 0.29) is 5.03 Å². The van der Waals surface area contributed by atoms with E-state index in [0.29, 0.717) is 18.1 Å². The van der Waals surface area contributed by atoms with E-state index >= 15 is 0 Å². The second kappa shape index (κ2) is 6.61. The van der Waals surface area contributed by atoms with Crippen LogP contribution in [0.4, 0.5) is 5.69 Å². The lowest BCUT2D eigenvalue weighted by Crippen LogP contribution is -2.28. The third-order valence-electron chi connectivity index (χ3n) is 3.58. The van der Waals surface area contributed by atoms with Gasteiger partial charge in [-0.15, -0.1) is 11.3 Å². The van der Waals surface area contributed by atoms with Gasteiger partial charge in [-0.25, -0.2) is 18.4 Å². The number of anilines is 1. The molecule has 0 fully saturated rings. The van der Waals surface area contributed by atoms with Gasteiger partial charge in [0.05, 0.1) is 33.7 Å². The Morgan fingerprint density at radius 2 is 2.04 bits per heavy atom. The van der Waals surface area contributed by atoms with Gasteiger partial charge < -0.3 is 9.73 Å². The third-order valence-corrected chi connectivity index (χ3v) is 6.84. The highest BCUT2D eigenvalue weighted by molar-refractivity contribution is 7.92. The van der Waals surface area contributed by atoms with Gasteiger partial charge in [0.2, 0.25) is 5.89 Å². The van der Waals surface area contributed by atoms with Crippen molar-refractivity contribution in [1.29, 1.82) is 0 Å². The molecule has 0 spiro atoms. The van der Waals surface area contributed by atoms with Gasteiger partial charge in [0, 0.05) is 0 Å². The first-order valence-corrected chi connectivity index (χ1v) is 10.1. The van der Waals surface area contributed by atoms with Crippen molar-refractivity contribution in [2.75, 3.05) is 5.32 Å². The van der Waals surface area contributed by atoms with E-state index in [9.17, 15) is 8.42 Å². The zero-order chi connectivity index (χ0) is 18.1. The number of oxazole rings is 1. The lowest BCUT2D eigenvalue weighted by molar-refractivity contribution is 0.556. The monoisotopic (exact) mass is 377 g/mol. The number of thiophene rings is 1. The molecule has 0 aliphatic heterocycles. The Balaban J connectivity index is 1.67. The van der Waals surface area contributed by atoms with Gasteiger partial charge in [0.15, 0.2) is 14.9 Å². The summed E-state index contributed by atoms with van der Waals surface area (Å²) in [7, 11) is -3.45. The number of nitrogens with one attached hydrogen (secondary N) is 1. The quantitative estimate of drug-likeness (QED) is 0.724. The summed E-state index contributed by atoms with van der Waals surface area (Å²) in [5.74, 6) is 0.594. The third kappa shape index (κ3) is 3.74. The summed E-state index contributed by atoms with van der Waals surface area (Å²) in [5, 5.41) is 5.21. The molecule has 0 saturated carbocycles. The molecular weight excluding hydrogens is 358 g/mol. The maximum atomic E-state index is 12.4. The molecule has 3 aromatic heterocycles. The zero-order valence-corrected chi connectivity index (χ0v) is 15.8. The molecule has 0 amide bonds. The number of sulfone groups is 1.